The van der Waals surface area contributed by atoms with Gasteiger partial charge in [0.2, 0.25) is 5.06 Å². The van der Waals surface area contributed by atoms with Crippen LogP contribution in [-0.2, 0) is 14.4 Å². The van der Waals surface area contributed by atoms with E-state index < -0.39 is 34.3 Å². The highest BCUT2D eigenvalue weighted by atomic mass is 35.5. The summed E-state index contributed by atoms with van der Waals surface area (Å²) >= 11 is 18.6. The number of ether oxygens (including phenoxy) is 1. The van der Waals surface area contributed by atoms with E-state index in [2.05, 4.69) is 5.48 Å². The number of benzene rings is 1. The van der Waals surface area contributed by atoms with E-state index in [-0.39, 0.29) is 15.8 Å². The van der Waals surface area contributed by atoms with Gasteiger partial charge in [0.05, 0.1) is 15.6 Å². The molecule has 2 atom stereocenters. The number of carboxylic acid groups (broad SMARTS) is 1. The first-order valence-electron chi connectivity index (χ1n) is 6.73. The van der Waals surface area contributed by atoms with Crippen LogP contribution in [0.2, 0.25) is 0 Å². The molecule has 0 radical (unpaired) electrons. The average molecular weight is 409 g/mol. The number of hydrogen-bond donors (Lipinski definition) is 3. The Labute approximate surface area is 155 Å². The minimum absolute atomic E-state index is 0.0142. The molecule has 0 bridgehead atoms. The zero-order chi connectivity index (χ0) is 18.4. The Morgan fingerprint density at radius 3 is 2.80 bits per heavy atom. The Balaban J connectivity index is 2.03. The minimum Gasteiger partial charge on any atom is -0.505 e. The fourth-order valence-electron chi connectivity index (χ4n) is 2.30. The third kappa shape index (κ3) is 3.04. The Bertz CT molecular complexity index is 854. The van der Waals surface area contributed by atoms with Crippen molar-refractivity contribution in [2.24, 2.45) is 0 Å². The molecule has 2 unspecified atom stereocenters. The SMILES string of the molecule is O=C(O)C(OC1(Cl)C=C2ONC=C2C(Cl)=C1Cl)c1cccc(O)c1F. The summed E-state index contributed by atoms with van der Waals surface area (Å²) in [6.45, 7) is 0. The summed E-state index contributed by atoms with van der Waals surface area (Å²) in [5, 5.41) is 16.6. The van der Waals surface area contributed by atoms with E-state index in [0.29, 0.717) is 5.57 Å². The van der Waals surface area contributed by atoms with E-state index in [4.69, 9.17) is 44.4 Å². The van der Waals surface area contributed by atoms with Crippen molar-refractivity contribution in [3.63, 3.8) is 0 Å². The van der Waals surface area contributed by atoms with Crippen LogP contribution in [-0.4, -0.2) is 21.2 Å². The number of hydroxylamine groups is 1. The molecular formula is C15H9Cl3FNO5. The number of aliphatic carboxylic acids is 1. The van der Waals surface area contributed by atoms with Crippen molar-refractivity contribution in [2.45, 2.75) is 11.2 Å². The van der Waals surface area contributed by atoms with Crippen LogP contribution in [0.3, 0.4) is 0 Å². The summed E-state index contributed by atoms with van der Waals surface area (Å²) in [6.07, 6.45) is 0.751. The van der Waals surface area contributed by atoms with E-state index in [1.165, 1.54) is 18.3 Å². The van der Waals surface area contributed by atoms with Gasteiger partial charge < -0.3 is 19.8 Å². The van der Waals surface area contributed by atoms with Crippen LogP contribution < -0.4 is 5.48 Å². The Hall–Kier alpha value is -1.93. The summed E-state index contributed by atoms with van der Waals surface area (Å²) in [4.78, 5) is 16.7. The van der Waals surface area contributed by atoms with Crippen LogP contribution in [0.25, 0.3) is 0 Å². The lowest BCUT2D eigenvalue weighted by Crippen LogP contribution is -2.33. The van der Waals surface area contributed by atoms with Crippen LogP contribution in [0.1, 0.15) is 11.7 Å². The normalized spacial score (nSPS) is 23.2. The maximum absolute atomic E-state index is 14.1. The van der Waals surface area contributed by atoms with Gasteiger partial charge in [0.1, 0.15) is 0 Å². The maximum Gasteiger partial charge on any atom is 0.337 e. The topological polar surface area (TPSA) is 88.0 Å². The molecule has 1 aliphatic carbocycles. The van der Waals surface area contributed by atoms with Crippen LogP contribution in [0.15, 0.2) is 51.9 Å². The van der Waals surface area contributed by atoms with E-state index >= 15 is 0 Å². The van der Waals surface area contributed by atoms with Gasteiger partial charge in [-0.15, -0.1) is 0 Å². The van der Waals surface area contributed by atoms with Gasteiger partial charge in [-0.05, 0) is 6.07 Å². The molecular weight excluding hydrogens is 400 g/mol. The number of carboxylic acids is 1. The first kappa shape index (κ1) is 17.9. The highest BCUT2D eigenvalue weighted by Gasteiger charge is 2.44. The molecule has 1 aromatic rings. The molecule has 1 heterocycles. The molecule has 0 spiro atoms. The van der Waals surface area contributed by atoms with Gasteiger partial charge >= 0.3 is 5.97 Å². The Kier molecular flexibility index (Phi) is 4.59. The van der Waals surface area contributed by atoms with Gasteiger partial charge in [-0.25, -0.2) is 14.7 Å². The van der Waals surface area contributed by atoms with E-state index in [1.807, 2.05) is 0 Å². The number of alkyl halides is 1. The van der Waals surface area contributed by atoms with Crippen LogP contribution >= 0.6 is 34.8 Å². The van der Waals surface area contributed by atoms with Crippen LogP contribution in [0.5, 0.6) is 5.75 Å². The molecule has 132 valence electrons. The molecule has 6 nitrogen and oxygen atoms in total. The number of rotatable bonds is 4. The first-order chi connectivity index (χ1) is 11.7. The Morgan fingerprint density at radius 2 is 2.12 bits per heavy atom. The highest BCUT2D eigenvalue weighted by Crippen LogP contribution is 2.47. The molecule has 1 aromatic carbocycles. The lowest BCUT2D eigenvalue weighted by Gasteiger charge is -2.31. The van der Waals surface area contributed by atoms with E-state index in [0.717, 1.165) is 12.1 Å². The standard InChI is InChI=1S/C15H9Cl3FNO5/c16-10-7-5-20-25-9(7)4-15(18,13(10)17)24-12(14(22)23)6-2-1-3-8(21)11(6)19/h1-5,12,20-21H,(H,22,23). The van der Waals surface area contributed by atoms with Crippen LogP contribution in [0.4, 0.5) is 4.39 Å². The number of fused-ring (bicyclic) bond motifs is 1. The van der Waals surface area contributed by atoms with Crippen molar-refractivity contribution in [3.05, 3.63) is 63.3 Å². The maximum atomic E-state index is 14.1. The number of halogens is 4. The van der Waals surface area contributed by atoms with Gasteiger partial charge in [-0.1, -0.05) is 46.9 Å². The second-order valence-electron chi connectivity index (χ2n) is 5.08. The fraction of sp³-hybridized carbons (Fsp3) is 0.133. The van der Waals surface area contributed by atoms with Crippen molar-refractivity contribution in [2.75, 3.05) is 0 Å². The third-order valence-corrected chi connectivity index (χ3v) is 4.93. The van der Waals surface area contributed by atoms with E-state index in [1.54, 1.807) is 0 Å². The molecule has 3 rings (SSSR count). The van der Waals surface area contributed by atoms with Crippen LogP contribution in [0, 0.1) is 5.82 Å². The number of aromatic hydroxyl groups is 1. The van der Waals surface area contributed by atoms with Gasteiger partial charge in [0, 0.05) is 17.8 Å². The number of allylic oxidation sites excluding steroid dienone is 1. The molecule has 3 N–H and O–H groups in total. The van der Waals surface area contributed by atoms with Gasteiger partial charge in [0.25, 0.3) is 0 Å². The number of phenolic OH excluding ortho intramolecular Hbond substituents is 1. The molecule has 0 saturated heterocycles. The summed E-state index contributed by atoms with van der Waals surface area (Å²) in [5.74, 6) is -3.25. The van der Waals surface area contributed by atoms with Crippen molar-refractivity contribution in [1.29, 1.82) is 0 Å². The number of nitrogens with one attached hydrogen (secondary N) is 1. The van der Waals surface area contributed by atoms with Crippen molar-refractivity contribution < 1.29 is 29.0 Å². The molecule has 25 heavy (non-hydrogen) atoms. The van der Waals surface area contributed by atoms with Gasteiger partial charge in [0.15, 0.2) is 23.4 Å². The smallest absolute Gasteiger partial charge is 0.337 e. The summed E-state index contributed by atoms with van der Waals surface area (Å²) in [5.41, 5.74) is 2.42. The lowest BCUT2D eigenvalue weighted by atomic mass is 10.0. The minimum atomic E-state index is -2.02. The predicted molar refractivity (Wildman–Crippen MR) is 87.2 cm³/mol. The monoisotopic (exact) mass is 407 g/mol. The molecule has 2 aliphatic rings. The number of hydrogen-bond acceptors (Lipinski definition) is 5. The zero-order valence-corrected chi connectivity index (χ0v) is 14.4. The number of carbonyl (C=O) groups is 1. The second kappa shape index (κ2) is 6.42. The van der Waals surface area contributed by atoms with Gasteiger partial charge in [-0.3, -0.25) is 0 Å². The first-order valence-corrected chi connectivity index (χ1v) is 7.87. The highest BCUT2D eigenvalue weighted by molar-refractivity contribution is 6.46. The zero-order valence-electron chi connectivity index (χ0n) is 12.1. The average Bonchev–Trinajstić information content (AvgIpc) is 3.01. The second-order valence-corrected chi connectivity index (χ2v) is 6.39. The summed E-state index contributed by atoms with van der Waals surface area (Å²) < 4.78 is 19.5. The van der Waals surface area contributed by atoms with Crippen molar-refractivity contribution in [3.8, 4) is 5.75 Å². The molecule has 0 fully saturated rings. The summed E-state index contributed by atoms with van der Waals surface area (Å²) in [6, 6.07) is 3.47. The number of phenols is 1. The quantitative estimate of drug-likeness (QED) is 0.660. The Morgan fingerprint density at radius 1 is 1.40 bits per heavy atom. The molecule has 0 saturated carbocycles. The molecule has 1 aliphatic heterocycles. The summed E-state index contributed by atoms with van der Waals surface area (Å²) in [7, 11) is 0. The fourth-order valence-corrected chi connectivity index (χ4v) is 3.12. The van der Waals surface area contributed by atoms with Crippen molar-refractivity contribution in [1.82, 2.24) is 5.48 Å². The largest absolute Gasteiger partial charge is 0.505 e. The molecule has 0 aromatic heterocycles. The molecule has 0 amide bonds. The molecule has 10 heteroatoms. The van der Waals surface area contributed by atoms with Gasteiger partial charge in [-0.2, -0.15) is 0 Å². The third-order valence-electron chi connectivity index (χ3n) is 3.49. The van der Waals surface area contributed by atoms with Crippen molar-refractivity contribution >= 4 is 40.8 Å². The lowest BCUT2D eigenvalue weighted by molar-refractivity contribution is -0.154. The predicted octanol–water partition coefficient (Wildman–Crippen LogP) is 3.61. The van der Waals surface area contributed by atoms with E-state index in [9.17, 15) is 19.4 Å².